The maximum Gasteiger partial charge on any atom is 0.262 e. The van der Waals surface area contributed by atoms with Gasteiger partial charge in [0.2, 0.25) is 11.7 Å². The highest BCUT2D eigenvalue weighted by Gasteiger charge is 2.19. The summed E-state index contributed by atoms with van der Waals surface area (Å²) in [5.41, 5.74) is 0.753. The molecule has 0 N–H and O–H groups in total. The molecule has 0 radical (unpaired) electrons. The Bertz CT molecular complexity index is 1080. The second-order valence-corrected chi connectivity index (χ2v) is 8.83. The van der Waals surface area contributed by atoms with Crippen LogP contribution in [0.4, 0.5) is 0 Å². The smallest absolute Gasteiger partial charge is 0.262 e. The highest BCUT2D eigenvalue weighted by molar-refractivity contribution is 7.99. The van der Waals surface area contributed by atoms with E-state index in [0.29, 0.717) is 28.6 Å². The van der Waals surface area contributed by atoms with Crippen LogP contribution in [0.25, 0.3) is 16.7 Å². The first-order chi connectivity index (χ1) is 14.7. The van der Waals surface area contributed by atoms with E-state index >= 15 is 0 Å². The zero-order valence-electron chi connectivity index (χ0n) is 17.5. The molecule has 0 unspecified atom stereocenters. The SMILES string of the molecule is CCCCn1c(=O)c2ccccc2n2c(SCC(=O)N3CCCCCCC3)nnc12. The maximum absolute atomic E-state index is 13.0. The summed E-state index contributed by atoms with van der Waals surface area (Å²) in [6.45, 7) is 4.41. The molecule has 1 fully saturated rings. The molecule has 8 heteroatoms. The average molecular weight is 428 g/mol. The molecule has 160 valence electrons. The Balaban J connectivity index is 1.64. The van der Waals surface area contributed by atoms with Gasteiger partial charge in [0, 0.05) is 19.6 Å². The lowest BCUT2D eigenvalue weighted by Gasteiger charge is -2.24. The van der Waals surface area contributed by atoms with E-state index in [1.807, 2.05) is 33.6 Å². The topological polar surface area (TPSA) is 72.5 Å². The van der Waals surface area contributed by atoms with Crippen LogP contribution in [0.15, 0.2) is 34.2 Å². The lowest BCUT2D eigenvalue weighted by Crippen LogP contribution is -2.35. The molecule has 0 bridgehead atoms. The highest BCUT2D eigenvalue weighted by atomic mass is 32.2. The Hall–Kier alpha value is -2.35. The summed E-state index contributed by atoms with van der Waals surface area (Å²) in [4.78, 5) is 27.8. The van der Waals surface area contributed by atoms with E-state index in [9.17, 15) is 9.59 Å². The number of hydrogen-bond acceptors (Lipinski definition) is 5. The lowest BCUT2D eigenvalue weighted by atomic mass is 10.1. The average Bonchev–Trinajstić information content (AvgIpc) is 3.16. The minimum absolute atomic E-state index is 0.0350. The van der Waals surface area contributed by atoms with Gasteiger partial charge in [-0.2, -0.15) is 0 Å². The number of rotatable bonds is 6. The molecule has 0 saturated carbocycles. The lowest BCUT2D eigenvalue weighted by molar-refractivity contribution is -0.128. The molecular formula is C22H29N5O2S. The van der Waals surface area contributed by atoms with Crippen LogP contribution in [0.1, 0.15) is 51.9 Å². The number of carbonyl (C=O) groups is 1. The predicted octanol–water partition coefficient (Wildman–Crippen LogP) is 3.73. The Kier molecular flexibility index (Phi) is 6.72. The van der Waals surface area contributed by atoms with Crippen molar-refractivity contribution < 1.29 is 4.79 Å². The van der Waals surface area contributed by atoms with E-state index in [2.05, 4.69) is 17.1 Å². The van der Waals surface area contributed by atoms with Crippen molar-refractivity contribution in [2.45, 2.75) is 63.6 Å². The summed E-state index contributed by atoms with van der Waals surface area (Å²) in [5.74, 6) is 1.04. The molecule has 1 aliphatic rings. The van der Waals surface area contributed by atoms with E-state index in [1.165, 1.54) is 31.0 Å². The third-order valence-electron chi connectivity index (χ3n) is 5.75. The fraction of sp³-hybridized carbons (Fsp3) is 0.545. The second-order valence-electron chi connectivity index (χ2n) is 7.88. The highest BCUT2D eigenvalue weighted by Crippen LogP contribution is 2.22. The summed E-state index contributed by atoms with van der Waals surface area (Å²) in [5, 5.41) is 9.99. The summed E-state index contributed by atoms with van der Waals surface area (Å²) in [6.07, 6.45) is 7.73. The van der Waals surface area contributed by atoms with Crippen LogP contribution in [0.2, 0.25) is 0 Å². The van der Waals surface area contributed by atoms with Crippen LogP contribution in [0.3, 0.4) is 0 Å². The predicted molar refractivity (Wildman–Crippen MR) is 120 cm³/mol. The van der Waals surface area contributed by atoms with Gasteiger partial charge >= 0.3 is 0 Å². The number of benzene rings is 1. The molecule has 0 atom stereocenters. The van der Waals surface area contributed by atoms with Crippen molar-refractivity contribution >= 4 is 34.3 Å². The van der Waals surface area contributed by atoms with Crippen LogP contribution in [0.5, 0.6) is 0 Å². The Morgan fingerprint density at radius 2 is 1.80 bits per heavy atom. The monoisotopic (exact) mass is 427 g/mol. The Labute approximate surface area is 180 Å². The van der Waals surface area contributed by atoms with Crippen LogP contribution >= 0.6 is 11.8 Å². The molecule has 4 rings (SSSR count). The standard InChI is InChI=1S/C22H29N5O2S/c1-2-3-15-26-20(29)17-11-7-8-12-18(17)27-21(26)23-24-22(27)30-16-19(28)25-13-9-5-4-6-10-14-25/h7-8,11-12H,2-6,9-10,13-16H2,1H3. The number of unbranched alkanes of at least 4 members (excludes halogenated alkanes) is 1. The number of amides is 1. The van der Waals surface area contributed by atoms with Crippen molar-refractivity contribution in [2.75, 3.05) is 18.8 Å². The first-order valence-corrected chi connectivity index (χ1v) is 12.0. The van der Waals surface area contributed by atoms with Gasteiger partial charge in [-0.05, 0) is 31.4 Å². The minimum atomic E-state index is -0.0350. The summed E-state index contributed by atoms with van der Waals surface area (Å²) < 4.78 is 3.64. The number of nitrogens with zero attached hydrogens (tertiary/aromatic N) is 5. The van der Waals surface area contributed by atoms with Gasteiger partial charge in [0.15, 0.2) is 5.16 Å². The first kappa shape index (κ1) is 20.9. The number of carbonyl (C=O) groups excluding carboxylic acids is 1. The van der Waals surface area contributed by atoms with Gasteiger partial charge in [-0.15, -0.1) is 10.2 Å². The van der Waals surface area contributed by atoms with Gasteiger partial charge in [0.1, 0.15) is 0 Å². The molecule has 1 aliphatic heterocycles. The third kappa shape index (κ3) is 4.24. The van der Waals surface area contributed by atoms with Crippen LogP contribution in [-0.2, 0) is 11.3 Å². The Morgan fingerprint density at radius 3 is 2.57 bits per heavy atom. The molecule has 0 spiro atoms. The zero-order valence-corrected chi connectivity index (χ0v) is 18.4. The van der Waals surface area contributed by atoms with Crippen LogP contribution < -0.4 is 5.56 Å². The molecule has 3 heterocycles. The molecular weight excluding hydrogens is 398 g/mol. The molecule has 1 amide bonds. The number of aryl methyl sites for hydroxylation is 1. The van der Waals surface area contributed by atoms with E-state index in [4.69, 9.17) is 0 Å². The van der Waals surface area contributed by atoms with E-state index in [-0.39, 0.29) is 11.5 Å². The van der Waals surface area contributed by atoms with Crippen LogP contribution in [-0.4, -0.2) is 48.8 Å². The fourth-order valence-corrected chi connectivity index (χ4v) is 4.90. The van der Waals surface area contributed by atoms with E-state index < -0.39 is 0 Å². The van der Waals surface area contributed by atoms with Gasteiger partial charge in [-0.3, -0.25) is 18.6 Å². The van der Waals surface area contributed by atoms with Crippen molar-refractivity contribution in [3.8, 4) is 0 Å². The van der Waals surface area contributed by atoms with Crippen molar-refractivity contribution in [1.29, 1.82) is 0 Å². The summed E-state index contributed by atoms with van der Waals surface area (Å²) in [6, 6.07) is 7.56. The van der Waals surface area contributed by atoms with Crippen molar-refractivity contribution in [3.05, 3.63) is 34.6 Å². The van der Waals surface area contributed by atoms with Gasteiger partial charge in [0.25, 0.3) is 5.56 Å². The van der Waals surface area contributed by atoms with Crippen molar-refractivity contribution in [3.63, 3.8) is 0 Å². The molecule has 1 aromatic carbocycles. The molecule has 1 saturated heterocycles. The van der Waals surface area contributed by atoms with Crippen molar-refractivity contribution in [2.24, 2.45) is 0 Å². The zero-order chi connectivity index (χ0) is 20.9. The maximum atomic E-state index is 13.0. The number of likely N-dealkylation sites (tertiary alicyclic amines) is 1. The number of hydrogen-bond donors (Lipinski definition) is 0. The molecule has 30 heavy (non-hydrogen) atoms. The molecule has 7 nitrogen and oxygen atoms in total. The largest absolute Gasteiger partial charge is 0.342 e. The number of aromatic nitrogens is 4. The normalized spacial score (nSPS) is 15.4. The van der Waals surface area contributed by atoms with Gasteiger partial charge < -0.3 is 4.90 Å². The van der Waals surface area contributed by atoms with E-state index in [0.717, 1.165) is 44.3 Å². The van der Waals surface area contributed by atoms with Gasteiger partial charge in [-0.25, -0.2) is 0 Å². The first-order valence-electron chi connectivity index (χ1n) is 11.0. The number of para-hydroxylation sites is 1. The molecule has 2 aromatic heterocycles. The fourth-order valence-electron chi connectivity index (χ4n) is 4.06. The van der Waals surface area contributed by atoms with Crippen LogP contribution in [0, 0.1) is 0 Å². The Morgan fingerprint density at radius 1 is 1.07 bits per heavy atom. The quantitative estimate of drug-likeness (QED) is 0.561. The minimum Gasteiger partial charge on any atom is -0.342 e. The summed E-state index contributed by atoms with van der Waals surface area (Å²) in [7, 11) is 0. The van der Waals surface area contributed by atoms with Crippen molar-refractivity contribution in [1.82, 2.24) is 24.1 Å². The third-order valence-corrected chi connectivity index (χ3v) is 6.66. The molecule has 0 aliphatic carbocycles. The van der Waals surface area contributed by atoms with Gasteiger partial charge in [0.05, 0.1) is 16.7 Å². The van der Waals surface area contributed by atoms with E-state index in [1.54, 1.807) is 4.57 Å². The number of fused-ring (bicyclic) bond motifs is 3. The van der Waals surface area contributed by atoms with Gasteiger partial charge in [-0.1, -0.05) is 56.5 Å². The summed E-state index contributed by atoms with van der Waals surface area (Å²) >= 11 is 1.41. The molecule has 3 aromatic rings. The second kappa shape index (κ2) is 9.64. The number of thioether (sulfide) groups is 1.